The largest absolute Gasteiger partial charge is 0.187 e. The van der Waals surface area contributed by atoms with Crippen LogP contribution in [0, 0.1) is 10.7 Å². The van der Waals surface area contributed by atoms with E-state index in [4.69, 9.17) is 0 Å². The number of rotatable bonds is 4. The van der Waals surface area contributed by atoms with Gasteiger partial charge >= 0.3 is 0 Å². The highest BCUT2D eigenvalue weighted by Gasteiger charge is 2.47. The van der Waals surface area contributed by atoms with Crippen molar-refractivity contribution < 1.29 is 0 Å². The lowest BCUT2D eigenvalue weighted by molar-refractivity contribution is 1.57. The van der Waals surface area contributed by atoms with Crippen molar-refractivity contribution in [2.75, 3.05) is 0 Å². The molecule has 0 aliphatic carbocycles. The third-order valence-corrected chi connectivity index (χ3v) is 9.93. The van der Waals surface area contributed by atoms with Gasteiger partial charge in [-0.25, -0.2) is 0 Å². The number of nitrogens with zero attached hydrogens (tertiary/aromatic N) is 1. The molecule has 3 heteroatoms. The van der Waals surface area contributed by atoms with Gasteiger partial charge in [0.1, 0.15) is 15.9 Å². The van der Waals surface area contributed by atoms with Crippen molar-refractivity contribution in [1.82, 2.24) is 0 Å². The minimum atomic E-state index is -2.00. The Morgan fingerprint density at radius 2 is 0.909 bits per heavy atom. The van der Waals surface area contributed by atoms with E-state index in [1.165, 1.54) is 27.3 Å². The molecule has 106 valence electrons. The lowest BCUT2D eigenvalue weighted by Crippen LogP contribution is -2.28. The summed E-state index contributed by atoms with van der Waals surface area (Å²) in [5, 5.41) is 15.6. The second kappa shape index (κ2) is 6.79. The summed E-state index contributed by atoms with van der Waals surface area (Å²) in [5.41, 5.74) is 0. The molecule has 0 spiro atoms. The average Bonchev–Trinajstić information content (AvgIpc) is 2.62. The van der Waals surface area contributed by atoms with Crippen LogP contribution in [-0.2, 0) is 0 Å². The van der Waals surface area contributed by atoms with Crippen LogP contribution in [0.4, 0.5) is 0 Å². The van der Waals surface area contributed by atoms with E-state index in [9.17, 15) is 5.26 Å². The topological polar surface area (TPSA) is 23.8 Å². The molecule has 0 bridgehead atoms. The second-order valence-electron chi connectivity index (χ2n) is 4.80. The molecule has 0 aliphatic heterocycles. The molecule has 0 atom stereocenters. The lowest BCUT2D eigenvalue weighted by atomic mass is 10.4. The summed E-state index contributed by atoms with van der Waals surface area (Å²) in [7, 11) is 0. The molecule has 0 heterocycles. The van der Waals surface area contributed by atoms with Gasteiger partial charge in [-0.15, -0.1) is 0 Å². The first-order valence-electron chi connectivity index (χ1n) is 7.01. The molecular weight excluding hydrogens is 305 g/mol. The lowest BCUT2D eigenvalue weighted by Gasteiger charge is -2.22. The van der Waals surface area contributed by atoms with Crippen LogP contribution < -0.4 is 15.9 Å². The number of nitriles is 1. The summed E-state index contributed by atoms with van der Waals surface area (Å²) in [6.07, 6.45) is 0. The minimum Gasteiger partial charge on any atom is -0.181 e. The highest BCUT2D eigenvalue weighted by atomic mass is 32.7. The molecule has 22 heavy (non-hydrogen) atoms. The zero-order chi connectivity index (χ0) is 15.3. The number of thiocyanates is 1. The first-order chi connectivity index (χ1) is 10.9. The van der Waals surface area contributed by atoms with E-state index in [0.717, 1.165) is 0 Å². The Bertz CT molecular complexity index is 670. The van der Waals surface area contributed by atoms with Crippen molar-refractivity contribution >= 4 is 33.8 Å². The van der Waals surface area contributed by atoms with Gasteiger partial charge in [-0.05, 0) is 36.4 Å². The first kappa shape index (κ1) is 14.9. The Kier molecular flexibility index (Phi) is 4.59. The fourth-order valence-corrected chi connectivity index (χ4v) is 8.10. The Morgan fingerprint density at radius 1 is 0.591 bits per heavy atom. The van der Waals surface area contributed by atoms with E-state index in [-0.39, 0.29) is 0 Å². The Balaban J connectivity index is 2.32. The molecule has 3 aromatic carbocycles. The molecule has 0 amide bonds. The van der Waals surface area contributed by atoms with Gasteiger partial charge in [0, 0.05) is 0 Å². The highest BCUT2D eigenvalue weighted by Crippen LogP contribution is 2.66. The third kappa shape index (κ3) is 2.66. The van der Waals surface area contributed by atoms with E-state index in [1.54, 1.807) is 0 Å². The molecule has 3 aromatic rings. The van der Waals surface area contributed by atoms with Crippen molar-refractivity contribution in [3.05, 3.63) is 91.0 Å². The van der Waals surface area contributed by atoms with Crippen molar-refractivity contribution in [1.29, 1.82) is 5.26 Å². The molecule has 0 fully saturated rings. The monoisotopic (exact) mass is 320 g/mol. The summed E-state index contributed by atoms with van der Waals surface area (Å²) in [6, 6.07) is 31.2. The smallest absolute Gasteiger partial charge is 0.181 e. The standard InChI is InChI=1S/C19H15NPS/c20-16-22-21(17-10-4-1-5-11-17,18-12-6-2-7-13-18)19-14-8-3-9-15-19/h1-15H/q+1. The van der Waals surface area contributed by atoms with Gasteiger partial charge in [0.2, 0.25) is 0 Å². The number of benzene rings is 3. The zero-order valence-corrected chi connectivity index (χ0v) is 13.7. The minimum absolute atomic E-state index is 1.22. The summed E-state index contributed by atoms with van der Waals surface area (Å²) in [4.78, 5) is 0. The zero-order valence-electron chi connectivity index (χ0n) is 12.0. The molecule has 0 aliphatic rings. The molecular formula is C19H15NPS+. The van der Waals surface area contributed by atoms with Crippen molar-refractivity contribution in [2.24, 2.45) is 0 Å². The van der Waals surface area contributed by atoms with Crippen LogP contribution in [0.25, 0.3) is 0 Å². The Labute approximate surface area is 135 Å². The normalized spacial score (nSPS) is 10.9. The van der Waals surface area contributed by atoms with Gasteiger partial charge in [-0.2, -0.15) is 5.26 Å². The third-order valence-electron chi connectivity index (χ3n) is 3.54. The van der Waals surface area contributed by atoms with Gasteiger partial charge in [-0.1, -0.05) is 54.6 Å². The maximum absolute atomic E-state index is 9.53. The van der Waals surface area contributed by atoms with Crippen LogP contribution in [0.3, 0.4) is 0 Å². The summed E-state index contributed by atoms with van der Waals surface area (Å²) in [6.45, 7) is -2.00. The van der Waals surface area contributed by atoms with E-state index in [2.05, 4.69) is 41.8 Å². The van der Waals surface area contributed by atoms with E-state index in [0.29, 0.717) is 0 Å². The first-order valence-corrected chi connectivity index (χ1v) is 10.2. The molecule has 0 saturated heterocycles. The van der Waals surface area contributed by atoms with Crippen LogP contribution in [-0.4, -0.2) is 0 Å². The quantitative estimate of drug-likeness (QED) is 0.533. The summed E-state index contributed by atoms with van der Waals surface area (Å²) < 4.78 is 0. The van der Waals surface area contributed by atoms with Crippen molar-refractivity contribution in [3.8, 4) is 5.40 Å². The average molecular weight is 320 g/mol. The van der Waals surface area contributed by atoms with E-state index >= 15 is 0 Å². The number of hydrogen-bond acceptors (Lipinski definition) is 2. The predicted octanol–water partition coefficient (Wildman–Crippen LogP) is 4.11. The van der Waals surface area contributed by atoms with Gasteiger partial charge < -0.3 is 0 Å². The van der Waals surface area contributed by atoms with Crippen LogP contribution in [0.1, 0.15) is 0 Å². The Hall–Kier alpha value is -2.07. The summed E-state index contributed by atoms with van der Waals surface area (Å²) >= 11 is 1.40. The Morgan fingerprint density at radius 3 is 1.18 bits per heavy atom. The van der Waals surface area contributed by atoms with Gasteiger partial charge in [0.05, 0.1) is 0 Å². The van der Waals surface area contributed by atoms with E-state index < -0.39 is 6.46 Å². The van der Waals surface area contributed by atoms with Gasteiger partial charge in [-0.3, -0.25) is 0 Å². The molecule has 1 nitrogen and oxygen atoms in total. The molecule has 0 unspecified atom stereocenters. The van der Waals surface area contributed by atoms with Crippen molar-refractivity contribution in [2.45, 2.75) is 0 Å². The number of hydrogen-bond donors (Lipinski definition) is 0. The molecule has 0 N–H and O–H groups in total. The molecule has 3 rings (SSSR count). The summed E-state index contributed by atoms with van der Waals surface area (Å²) in [5.74, 6) is 0. The van der Waals surface area contributed by atoms with Gasteiger partial charge in [0.25, 0.3) is 0 Å². The molecule has 0 saturated carbocycles. The maximum Gasteiger partial charge on any atom is 0.187 e. The maximum atomic E-state index is 9.53. The van der Waals surface area contributed by atoms with Gasteiger partial charge in [0.15, 0.2) is 23.2 Å². The molecule has 0 radical (unpaired) electrons. The predicted molar refractivity (Wildman–Crippen MR) is 98.4 cm³/mol. The fraction of sp³-hybridized carbons (Fsp3) is 0. The highest BCUT2D eigenvalue weighted by molar-refractivity contribution is 8.71. The second-order valence-corrected chi connectivity index (χ2v) is 10.1. The van der Waals surface area contributed by atoms with Crippen LogP contribution in [0.2, 0.25) is 0 Å². The van der Waals surface area contributed by atoms with Crippen LogP contribution >= 0.6 is 17.8 Å². The van der Waals surface area contributed by atoms with Crippen molar-refractivity contribution in [3.63, 3.8) is 0 Å². The van der Waals surface area contributed by atoms with Crippen LogP contribution in [0.15, 0.2) is 91.0 Å². The molecule has 0 aromatic heterocycles. The van der Waals surface area contributed by atoms with Crippen LogP contribution in [0.5, 0.6) is 0 Å². The van der Waals surface area contributed by atoms with E-state index in [1.807, 2.05) is 54.6 Å². The SMILES string of the molecule is N#CS[P+](c1ccccc1)(c1ccccc1)c1ccccc1. The fourth-order valence-electron chi connectivity index (χ4n) is 2.58.